The van der Waals surface area contributed by atoms with Gasteiger partial charge in [-0.1, -0.05) is 18.2 Å². The highest BCUT2D eigenvalue weighted by Gasteiger charge is 2.22. The SMILES string of the molecule is COc1ccccc1CC(C)(C)Nc1ccc2nnc(C(F)F)n2n1. The van der Waals surface area contributed by atoms with Gasteiger partial charge in [0.15, 0.2) is 5.65 Å². The summed E-state index contributed by atoms with van der Waals surface area (Å²) in [7, 11) is 1.63. The molecule has 0 amide bonds. The Bertz CT molecular complexity index is 878. The first-order valence-electron chi connectivity index (χ1n) is 7.80. The molecular formula is C17H19F2N5O. The molecule has 0 unspecified atom stereocenters. The van der Waals surface area contributed by atoms with E-state index in [-0.39, 0.29) is 11.2 Å². The van der Waals surface area contributed by atoms with E-state index in [1.54, 1.807) is 19.2 Å². The number of nitrogens with one attached hydrogen (secondary N) is 1. The van der Waals surface area contributed by atoms with E-state index in [9.17, 15) is 8.78 Å². The molecule has 3 rings (SSSR count). The number of aromatic nitrogens is 4. The van der Waals surface area contributed by atoms with Crippen LogP contribution < -0.4 is 10.1 Å². The summed E-state index contributed by atoms with van der Waals surface area (Å²) in [4.78, 5) is 0. The molecule has 0 radical (unpaired) electrons. The summed E-state index contributed by atoms with van der Waals surface area (Å²) in [5, 5.41) is 14.6. The maximum absolute atomic E-state index is 13.0. The van der Waals surface area contributed by atoms with E-state index in [2.05, 4.69) is 20.6 Å². The smallest absolute Gasteiger partial charge is 0.299 e. The molecule has 2 heterocycles. The van der Waals surface area contributed by atoms with Crippen LogP contribution in [-0.2, 0) is 6.42 Å². The number of anilines is 1. The average Bonchev–Trinajstić information content (AvgIpc) is 2.98. The number of hydrogen-bond donors (Lipinski definition) is 1. The van der Waals surface area contributed by atoms with Gasteiger partial charge >= 0.3 is 0 Å². The number of nitrogens with zero attached hydrogens (tertiary/aromatic N) is 4. The zero-order chi connectivity index (χ0) is 18.0. The summed E-state index contributed by atoms with van der Waals surface area (Å²) < 4.78 is 32.4. The van der Waals surface area contributed by atoms with Crippen LogP contribution in [0.1, 0.15) is 31.7 Å². The second-order valence-corrected chi connectivity index (χ2v) is 6.34. The lowest BCUT2D eigenvalue weighted by molar-refractivity contribution is 0.137. The molecule has 3 aromatic rings. The van der Waals surface area contributed by atoms with Crippen molar-refractivity contribution < 1.29 is 13.5 Å². The Morgan fingerprint density at radius 2 is 1.92 bits per heavy atom. The third kappa shape index (κ3) is 3.67. The number of methoxy groups -OCH3 is 1. The summed E-state index contributed by atoms with van der Waals surface area (Å²) in [6.07, 6.45) is -2.07. The van der Waals surface area contributed by atoms with E-state index in [0.29, 0.717) is 12.2 Å². The molecule has 6 nitrogen and oxygen atoms in total. The van der Waals surface area contributed by atoms with Gasteiger partial charge in [0, 0.05) is 5.54 Å². The van der Waals surface area contributed by atoms with Crippen LogP contribution in [-0.4, -0.2) is 32.5 Å². The topological polar surface area (TPSA) is 64.3 Å². The van der Waals surface area contributed by atoms with Gasteiger partial charge in [-0.25, -0.2) is 8.78 Å². The van der Waals surface area contributed by atoms with Crippen LogP contribution in [0.4, 0.5) is 14.6 Å². The third-order valence-corrected chi connectivity index (χ3v) is 3.77. The Morgan fingerprint density at radius 1 is 1.16 bits per heavy atom. The van der Waals surface area contributed by atoms with E-state index in [1.165, 1.54) is 0 Å². The largest absolute Gasteiger partial charge is 0.496 e. The van der Waals surface area contributed by atoms with Gasteiger partial charge in [-0.3, -0.25) is 0 Å². The molecule has 8 heteroatoms. The summed E-state index contributed by atoms with van der Waals surface area (Å²) in [5.41, 5.74) is 0.943. The minimum absolute atomic E-state index is 0.281. The first kappa shape index (κ1) is 17.1. The Hall–Kier alpha value is -2.77. The zero-order valence-electron chi connectivity index (χ0n) is 14.2. The van der Waals surface area contributed by atoms with Crippen molar-refractivity contribution in [1.29, 1.82) is 0 Å². The predicted molar refractivity (Wildman–Crippen MR) is 90.1 cm³/mol. The quantitative estimate of drug-likeness (QED) is 0.739. The second-order valence-electron chi connectivity index (χ2n) is 6.34. The molecule has 0 saturated carbocycles. The summed E-state index contributed by atoms with van der Waals surface area (Å²) in [5.74, 6) is 0.801. The summed E-state index contributed by atoms with van der Waals surface area (Å²) in [6, 6.07) is 11.1. The molecule has 25 heavy (non-hydrogen) atoms. The summed E-state index contributed by atoms with van der Waals surface area (Å²) >= 11 is 0. The number of para-hydroxylation sites is 1. The molecule has 2 aromatic heterocycles. The highest BCUT2D eigenvalue weighted by atomic mass is 19.3. The molecular weight excluding hydrogens is 328 g/mol. The van der Waals surface area contributed by atoms with E-state index in [4.69, 9.17) is 4.74 Å². The maximum atomic E-state index is 13.0. The number of hydrogen-bond acceptors (Lipinski definition) is 5. The van der Waals surface area contributed by atoms with Gasteiger partial charge in [0.05, 0.1) is 7.11 Å². The van der Waals surface area contributed by atoms with Crippen molar-refractivity contribution in [3.63, 3.8) is 0 Å². The van der Waals surface area contributed by atoms with E-state index in [1.807, 2.05) is 38.1 Å². The van der Waals surface area contributed by atoms with E-state index < -0.39 is 12.2 Å². The van der Waals surface area contributed by atoms with E-state index in [0.717, 1.165) is 15.8 Å². The highest BCUT2D eigenvalue weighted by Crippen LogP contribution is 2.25. The molecule has 0 aliphatic carbocycles. The molecule has 0 fully saturated rings. The minimum atomic E-state index is -2.74. The lowest BCUT2D eigenvalue weighted by atomic mass is 9.94. The number of halogens is 2. The minimum Gasteiger partial charge on any atom is -0.496 e. The maximum Gasteiger partial charge on any atom is 0.299 e. The van der Waals surface area contributed by atoms with Crippen LogP contribution in [0.15, 0.2) is 36.4 Å². The average molecular weight is 347 g/mol. The van der Waals surface area contributed by atoms with Crippen molar-refractivity contribution in [3.8, 4) is 5.75 Å². The van der Waals surface area contributed by atoms with Crippen molar-refractivity contribution in [2.45, 2.75) is 32.2 Å². The van der Waals surface area contributed by atoms with Crippen molar-refractivity contribution in [2.75, 3.05) is 12.4 Å². The highest BCUT2D eigenvalue weighted by molar-refractivity contribution is 5.46. The molecule has 0 spiro atoms. The fourth-order valence-electron chi connectivity index (χ4n) is 2.72. The van der Waals surface area contributed by atoms with E-state index >= 15 is 0 Å². The molecule has 0 aliphatic rings. The van der Waals surface area contributed by atoms with Gasteiger partial charge in [-0.15, -0.1) is 15.3 Å². The first-order valence-corrected chi connectivity index (χ1v) is 7.80. The third-order valence-electron chi connectivity index (χ3n) is 3.77. The Morgan fingerprint density at radius 3 is 2.64 bits per heavy atom. The van der Waals surface area contributed by atoms with Gasteiger partial charge in [0.25, 0.3) is 6.43 Å². The van der Waals surface area contributed by atoms with Gasteiger partial charge in [0.2, 0.25) is 5.82 Å². The number of benzene rings is 1. The molecule has 0 atom stereocenters. The van der Waals surface area contributed by atoms with Gasteiger partial charge in [-0.2, -0.15) is 4.52 Å². The van der Waals surface area contributed by atoms with Crippen molar-refractivity contribution in [1.82, 2.24) is 19.8 Å². The van der Waals surface area contributed by atoms with Crippen LogP contribution in [0.3, 0.4) is 0 Å². The van der Waals surface area contributed by atoms with Gasteiger partial charge in [0.1, 0.15) is 11.6 Å². The lowest BCUT2D eigenvalue weighted by Crippen LogP contribution is -2.34. The standard InChI is InChI=1S/C17H19F2N5O/c1-17(2,10-11-6-4-5-7-12(11)25-3)20-13-8-9-14-21-22-16(15(18)19)24(14)23-13/h4-9,15H,10H2,1-3H3,(H,20,23). The number of alkyl halides is 2. The van der Waals surface area contributed by atoms with Crippen molar-refractivity contribution >= 4 is 11.5 Å². The van der Waals surface area contributed by atoms with Gasteiger partial charge < -0.3 is 10.1 Å². The Balaban J connectivity index is 1.85. The predicted octanol–water partition coefficient (Wildman–Crippen LogP) is 3.50. The van der Waals surface area contributed by atoms with Crippen LogP contribution in [0.2, 0.25) is 0 Å². The molecule has 0 saturated heterocycles. The fourth-order valence-corrected chi connectivity index (χ4v) is 2.72. The van der Waals surface area contributed by atoms with Crippen molar-refractivity contribution in [2.24, 2.45) is 0 Å². The summed E-state index contributed by atoms with van der Waals surface area (Å²) in [6.45, 7) is 4.01. The van der Waals surface area contributed by atoms with Crippen LogP contribution in [0, 0.1) is 0 Å². The van der Waals surface area contributed by atoms with Crippen molar-refractivity contribution in [3.05, 3.63) is 47.8 Å². The number of fused-ring (bicyclic) bond motifs is 1. The molecule has 1 N–H and O–H groups in total. The Kier molecular flexibility index (Phi) is 4.52. The fraction of sp³-hybridized carbons (Fsp3) is 0.353. The zero-order valence-corrected chi connectivity index (χ0v) is 14.2. The monoisotopic (exact) mass is 347 g/mol. The normalized spacial score (nSPS) is 11.9. The van der Waals surface area contributed by atoms with Crippen LogP contribution in [0.5, 0.6) is 5.75 Å². The molecule has 132 valence electrons. The lowest BCUT2D eigenvalue weighted by Gasteiger charge is -2.27. The van der Waals surface area contributed by atoms with Crippen LogP contribution in [0.25, 0.3) is 5.65 Å². The molecule has 0 aliphatic heterocycles. The first-order chi connectivity index (χ1) is 11.9. The molecule has 0 bridgehead atoms. The number of rotatable bonds is 6. The number of ether oxygens (including phenoxy) is 1. The van der Waals surface area contributed by atoms with Crippen LogP contribution >= 0.6 is 0 Å². The molecule has 1 aromatic carbocycles. The van der Waals surface area contributed by atoms with Gasteiger partial charge in [-0.05, 0) is 44.0 Å². The Labute approximate surface area is 143 Å². The second kappa shape index (κ2) is 6.62.